The van der Waals surface area contributed by atoms with E-state index in [0.717, 1.165) is 10.2 Å². The Hall–Kier alpha value is -0.870. The van der Waals surface area contributed by atoms with Gasteiger partial charge in [0.1, 0.15) is 0 Å². The molecule has 14 heavy (non-hydrogen) atoms. The van der Waals surface area contributed by atoms with Gasteiger partial charge in [-0.3, -0.25) is 4.79 Å². The van der Waals surface area contributed by atoms with Gasteiger partial charge in [0.15, 0.2) is 0 Å². The van der Waals surface area contributed by atoms with Crippen LogP contribution in [0.1, 0.15) is 6.42 Å². The molecular weight excluding hydrogens is 246 g/mol. The molecule has 0 spiro atoms. The summed E-state index contributed by atoms with van der Waals surface area (Å²) in [5, 5.41) is 8.62. The number of aliphatic hydroxyl groups excluding tert-OH is 1. The zero-order chi connectivity index (χ0) is 10.6. The first kappa shape index (κ1) is 11.2. The van der Waals surface area contributed by atoms with Crippen LogP contribution in [0.5, 0.6) is 0 Å². The average molecular weight is 258 g/mol. The summed E-state index contributed by atoms with van der Waals surface area (Å²) in [5.41, 5.74) is 0.826. The molecule has 1 aromatic rings. The van der Waals surface area contributed by atoms with Crippen molar-refractivity contribution >= 4 is 27.5 Å². The Morgan fingerprint density at radius 3 is 2.50 bits per heavy atom. The lowest BCUT2D eigenvalue weighted by Gasteiger charge is -2.16. The molecule has 0 unspecified atom stereocenters. The third-order valence-corrected chi connectivity index (χ3v) is 2.44. The van der Waals surface area contributed by atoms with Crippen molar-refractivity contribution in [3.8, 4) is 0 Å². The number of carbonyl (C=O) groups is 1. The first-order valence-electron chi connectivity index (χ1n) is 4.28. The summed E-state index contributed by atoms with van der Waals surface area (Å²) in [6, 6.07) is 7.44. The SMILES string of the molecule is CN(C(=O)CCO)c1ccc(Br)cc1. The van der Waals surface area contributed by atoms with Crippen molar-refractivity contribution < 1.29 is 9.90 Å². The van der Waals surface area contributed by atoms with Crippen molar-refractivity contribution in [1.82, 2.24) is 0 Å². The molecule has 0 aliphatic carbocycles. The highest BCUT2D eigenvalue weighted by Crippen LogP contribution is 2.17. The quantitative estimate of drug-likeness (QED) is 0.897. The number of amides is 1. The second-order valence-electron chi connectivity index (χ2n) is 2.90. The molecule has 1 amide bonds. The maximum absolute atomic E-state index is 11.4. The minimum Gasteiger partial charge on any atom is -0.396 e. The summed E-state index contributed by atoms with van der Waals surface area (Å²) in [7, 11) is 1.70. The number of halogens is 1. The minimum atomic E-state index is -0.111. The third-order valence-electron chi connectivity index (χ3n) is 1.91. The van der Waals surface area contributed by atoms with Gasteiger partial charge in [-0.05, 0) is 24.3 Å². The van der Waals surface area contributed by atoms with Gasteiger partial charge < -0.3 is 10.0 Å². The molecule has 0 saturated carbocycles. The molecule has 0 atom stereocenters. The Bertz CT molecular complexity index is 310. The number of hydrogen-bond donors (Lipinski definition) is 1. The molecular formula is C10H12BrNO2. The first-order valence-corrected chi connectivity index (χ1v) is 5.07. The van der Waals surface area contributed by atoms with Gasteiger partial charge in [0, 0.05) is 17.2 Å². The molecule has 1 rings (SSSR count). The summed E-state index contributed by atoms with van der Waals surface area (Å²) < 4.78 is 0.976. The van der Waals surface area contributed by atoms with E-state index in [2.05, 4.69) is 15.9 Å². The fraction of sp³-hybridized carbons (Fsp3) is 0.300. The van der Waals surface area contributed by atoms with E-state index in [4.69, 9.17) is 5.11 Å². The van der Waals surface area contributed by atoms with Crippen LogP contribution in [0, 0.1) is 0 Å². The maximum atomic E-state index is 11.4. The van der Waals surface area contributed by atoms with Crippen LogP contribution in [0.25, 0.3) is 0 Å². The lowest BCUT2D eigenvalue weighted by molar-refractivity contribution is -0.118. The molecule has 4 heteroatoms. The van der Waals surface area contributed by atoms with E-state index in [1.807, 2.05) is 24.3 Å². The number of carbonyl (C=O) groups excluding carboxylic acids is 1. The molecule has 0 fully saturated rings. The van der Waals surface area contributed by atoms with E-state index >= 15 is 0 Å². The smallest absolute Gasteiger partial charge is 0.229 e. The average Bonchev–Trinajstić information content (AvgIpc) is 2.18. The van der Waals surface area contributed by atoms with Crippen molar-refractivity contribution in [1.29, 1.82) is 0 Å². The second-order valence-corrected chi connectivity index (χ2v) is 3.82. The fourth-order valence-corrected chi connectivity index (χ4v) is 1.34. The molecule has 0 heterocycles. The van der Waals surface area contributed by atoms with Crippen LogP contribution in [0.4, 0.5) is 5.69 Å². The van der Waals surface area contributed by atoms with Crippen molar-refractivity contribution in [2.24, 2.45) is 0 Å². The van der Waals surface area contributed by atoms with Gasteiger partial charge in [-0.15, -0.1) is 0 Å². The van der Waals surface area contributed by atoms with E-state index in [9.17, 15) is 4.79 Å². The van der Waals surface area contributed by atoms with E-state index in [-0.39, 0.29) is 18.9 Å². The van der Waals surface area contributed by atoms with E-state index < -0.39 is 0 Å². The molecule has 1 aromatic carbocycles. The largest absolute Gasteiger partial charge is 0.396 e. The van der Waals surface area contributed by atoms with Crippen LogP contribution in [-0.4, -0.2) is 24.7 Å². The predicted molar refractivity (Wildman–Crippen MR) is 59.3 cm³/mol. The van der Waals surface area contributed by atoms with Crippen LogP contribution in [0.3, 0.4) is 0 Å². The van der Waals surface area contributed by atoms with Crippen molar-refractivity contribution in [3.63, 3.8) is 0 Å². The number of hydrogen-bond acceptors (Lipinski definition) is 2. The van der Waals surface area contributed by atoms with Gasteiger partial charge in [0.25, 0.3) is 0 Å². The molecule has 1 N–H and O–H groups in total. The highest BCUT2D eigenvalue weighted by molar-refractivity contribution is 9.10. The number of anilines is 1. The van der Waals surface area contributed by atoms with Crippen LogP contribution in [0.15, 0.2) is 28.7 Å². The summed E-state index contributed by atoms with van der Waals surface area (Å²) in [5.74, 6) is -0.0881. The molecule has 0 aliphatic rings. The van der Waals surface area contributed by atoms with E-state index in [0.29, 0.717) is 0 Å². The molecule has 0 bridgehead atoms. The Morgan fingerprint density at radius 1 is 1.43 bits per heavy atom. The number of benzene rings is 1. The molecule has 76 valence electrons. The van der Waals surface area contributed by atoms with Gasteiger partial charge in [0.05, 0.1) is 13.0 Å². The van der Waals surface area contributed by atoms with Gasteiger partial charge in [0.2, 0.25) is 5.91 Å². The number of aliphatic hydroxyl groups is 1. The summed E-state index contributed by atoms with van der Waals surface area (Å²) in [6.07, 6.45) is 0.159. The number of rotatable bonds is 3. The molecule has 0 saturated heterocycles. The molecule has 0 aromatic heterocycles. The Balaban J connectivity index is 2.73. The predicted octanol–water partition coefficient (Wildman–Crippen LogP) is 1.79. The van der Waals surface area contributed by atoms with Gasteiger partial charge in [-0.1, -0.05) is 15.9 Å². The lowest BCUT2D eigenvalue weighted by atomic mass is 10.3. The topological polar surface area (TPSA) is 40.5 Å². The third kappa shape index (κ3) is 2.82. The summed E-state index contributed by atoms with van der Waals surface area (Å²) >= 11 is 3.32. The normalized spacial score (nSPS) is 9.93. The Morgan fingerprint density at radius 2 is 2.00 bits per heavy atom. The zero-order valence-electron chi connectivity index (χ0n) is 7.90. The highest BCUT2D eigenvalue weighted by Gasteiger charge is 2.09. The van der Waals surface area contributed by atoms with Crippen molar-refractivity contribution in [2.75, 3.05) is 18.6 Å². The van der Waals surface area contributed by atoms with Crippen LogP contribution in [-0.2, 0) is 4.79 Å². The Labute approximate surface area is 91.5 Å². The highest BCUT2D eigenvalue weighted by atomic mass is 79.9. The van der Waals surface area contributed by atoms with Gasteiger partial charge in [-0.25, -0.2) is 0 Å². The molecule has 0 aliphatic heterocycles. The summed E-state index contributed by atoms with van der Waals surface area (Å²) in [6.45, 7) is -0.111. The first-order chi connectivity index (χ1) is 6.65. The second kappa shape index (κ2) is 5.12. The van der Waals surface area contributed by atoms with Crippen LogP contribution >= 0.6 is 15.9 Å². The zero-order valence-corrected chi connectivity index (χ0v) is 9.49. The van der Waals surface area contributed by atoms with Crippen molar-refractivity contribution in [2.45, 2.75) is 6.42 Å². The van der Waals surface area contributed by atoms with Gasteiger partial charge in [-0.2, -0.15) is 0 Å². The standard InChI is InChI=1S/C10H12BrNO2/c1-12(10(14)6-7-13)9-4-2-8(11)3-5-9/h2-5,13H,6-7H2,1H3. The molecule has 3 nitrogen and oxygen atoms in total. The Kier molecular flexibility index (Phi) is 4.10. The van der Waals surface area contributed by atoms with Crippen molar-refractivity contribution in [3.05, 3.63) is 28.7 Å². The van der Waals surface area contributed by atoms with Gasteiger partial charge >= 0.3 is 0 Å². The van der Waals surface area contributed by atoms with Crippen LogP contribution < -0.4 is 4.90 Å². The fourth-order valence-electron chi connectivity index (χ4n) is 1.07. The maximum Gasteiger partial charge on any atom is 0.229 e. The number of nitrogens with zero attached hydrogens (tertiary/aromatic N) is 1. The molecule has 0 radical (unpaired) electrons. The lowest BCUT2D eigenvalue weighted by Crippen LogP contribution is -2.26. The van der Waals surface area contributed by atoms with E-state index in [1.54, 1.807) is 7.05 Å². The van der Waals surface area contributed by atoms with Crippen LogP contribution in [0.2, 0.25) is 0 Å². The monoisotopic (exact) mass is 257 g/mol. The minimum absolute atomic E-state index is 0.0881. The van der Waals surface area contributed by atoms with E-state index in [1.165, 1.54) is 4.90 Å². The summed E-state index contributed by atoms with van der Waals surface area (Å²) in [4.78, 5) is 12.9.